The minimum atomic E-state index is 0.105. The molecule has 0 aliphatic carbocycles. The molecule has 2 aromatic carbocycles. The Morgan fingerprint density at radius 3 is 1.62 bits per heavy atom. The van der Waals surface area contributed by atoms with E-state index in [1.54, 1.807) is 0 Å². The van der Waals surface area contributed by atoms with E-state index >= 15 is 0 Å². The van der Waals surface area contributed by atoms with Gasteiger partial charge in [-0.05, 0) is 50.2 Å². The Balaban J connectivity index is 1.68. The Morgan fingerprint density at radius 1 is 0.731 bits per heavy atom. The van der Waals surface area contributed by atoms with Crippen molar-refractivity contribution in [2.24, 2.45) is 0 Å². The van der Waals surface area contributed by atoms with E-state index in [0.29, 0.717) is 12.3 Å². The Labute approximate surface area is 155 Å². The van der Waals surface area contributed by atoms with Crippen molar-refractivity contribution in [1.82, 2.24) is 9.80 Å². The van der Waals surface area contributed by atoms with Crippen LogP contribution >= 0.6 is 0 Å². The Hall–Kier alpha value is -2.04. The van der Waals surface area contributed by atoms with E-state index in [2.05, 4.69) is 83.1 Å². The first-order chi connectivity index (χ1) is 12.7. The van der Waals surface area contributed by atoms with Gasteiger partial charge in [0.2, 0.25) is 0 Å². The van der Waals surface area contributed by atoms with E-state index in [1.165, 1.54) is 35.3 Å². The van der Waals surface area contributed by atoms with Crippen LogP contribution < -0.4 is 10.6 Å². The van der Waals surface area contributed by atoms with Crippen molar-refractivity contribution >= 4 is 11.4 Å². The van der Waals surface area contributed by atoms with Gasteiger partial charge >= 0.3 is 0 Å². The van der Waals surface area contributed by atoms with Crippen molar-refractivity contribution in [3.63, 3.8) is 0 Å². The maximum atomic E-state index is 3.90. The average molecular weight is 346 g/mol. The topological polar surface area (TPSA) is 30.5 Å². The van der Waals surface area contributed by atoms with Gasteiger partial charge in [0.25, 0.3) is 0 Å². The maximum absolute atomic E-state index is 3.90. The van der Waals surface area contributed by atoms with E-state index in [0.717, 1.165) is 13.1 Å². The summed E-state index contributed by atoms with van der Waals surface area (Å²) in [4.78, 5) is 5.07. The van der Waals surface area contributed by atoms with Crippen molar-refractivity contribution in [3.05, 3.63) is 59.7 Å². The van der Waals surface area contributed by atoms with Gasteiger partial charge in [-0.2, -0.15) is 0 Å². The highest BCUT2D eigenvalue weighted by atomic mass is 15.4. The van der Waals surface area contributed by atoms with Crippen LogP contribution in [0.2, 0.25) is 0 Å². The Bertz CT molecular complexity index is 822. The van der Waals surface area contributed by atoms with Crippen LogP contribution in [0.25, 0.3) is 0 Å². The normalized spacial score (nSPS) is 37.6. The number of hydrogen-bond donors (Lipinski definition) is 2. The summed E-state index contributed by atoms with van der Waals surface area (Å²) in [5.74, 6) is 0. The first-order valence-corrected chi connectivity index (χ1v) is 9.81. The maximum Gasteiger partial charge on any atom is 0.0901 e. The number of anilines is 2. The SMILES string of the molecule is CN1CC[C@@]2([C@@]34CCN(C)C3Nc3ccccc34)c3ccccc3NC12. The van der Waals surface area contributed by atoms with Crippen LogP contribution in [0.15, 0.2) is 48.5 Å². The summed E-state index contributed by atoms with van der Waals surface area (Å²) in [6.45, 7) is 2.29. The lowest BCUT2D eigenvalue weighted by Gasteiger charge is -2.48. The van der Waals surface area contributed by atoms with Gasteiger partial charge in [-0.3, -0.25) is 9.80 Å². The molecule has 4 nitrogen and oxygen atoms in total. The van der Waals surface area contributed by atoms with Crippen molar-refractivity contribution < 1.29 is 0 Å². The van der Waals surface area contributed by atoms with Gasteiger partial charge in [-0.1, -0.05) is 36.4 Å². The molecular formula is C22H26N4. The summed E-state index contributed by atoms with van der Waals surface area (Å²) < 4.78 is 0. The van der Waals surface area contributed by atoms with Gasteiger partial charge < -0.3 is 10.6 Å². The Morgan fingerprint density at radius 2 is 1.15 bits per heavy atom. The number of fused-ring (bicyclic) bond motifs is 7. The van der Waals surface area contributed by atoms with Gasteiger partial charge in [0.05, 0.1) is 12.3 Å². The minimum Gasteiger partial charge on any atom is -0.369 e. The van der Waals surface area contributed by atoms with Crippen LogP contribution in [-0.4, -0.2) is 49.3 Å². The molecule has 6 rings (SSSR count). The summed E-state index contributed by atoms with van der Waals surface area (Å²) in [5.41, 5.74) is 5.91. The zero-order valence-electron chi connectivity index (χ0n) is 15.5. The molecule has 4 heteroatoms. The van der Waals surface area contributed by atoms with Gasteiger partial charge in [0.1, 0.15) is 0 Å². The number of nitrogens with zero attached hydrogens (tertiary/aromatic N) is 2. The first-order valence-electron chi connectivity index (χ1n) is 9.81. The summed E-state index contributed by atoms with van der Waals surface area (Å²) in [6, 6.07) is 18.1. The number of likely N-dealkylation sites (N-methyl/N-ethyl adjacent to an activating group) is 2. The fourth-order valence-corrected chi connectivity index (χ4v) is 6.73. The van der Waals surface area contributed by atoms with Crippen molar-refractivity contribution in [1.29, 1.82) is 0 Å². The van der Waals surface area contributed by atoms with E-state index in [4.69, 9.17) is 0 Å². The summed E-state index contributed by atoms with van der Waals surface area (Å²) in [6.07, 6.45) is 3.14. The molecule has 4 atom stereocenters. The summed E-state index contributed by atoms with van der Waals surface area (Å²) in [5, 5.41) is 7.79. The van der Waals surface area contributed by atoms with E-state index in [1.807, 2.05) is 0 Å². The lowest BCUT2D eigenvalue weighted by atomic mass is 9.55. The third kappa shape index (κ3) is 1.47. The van der Waals surface area contributed by atoms with Crippen LogP contribution in [0.5, 0.6) is 0 Å². The molecule has 4 aliphatic heterocycles. The van der Waals surface area contributed by atoms with Gasteiger partial charge in [0, 0.05) is 35.3 Å². The monoisotopic (exact) mass is 346 g/mol. The third-order valence-corrected chi connectivity index (χ3v) is 7.73. The fourth-order valence-electron chi connectivity index (χ4n) is 6.73. The second-order valence-electron chi connectivity index (χ2n) is 8.59. The van der Waals surface area contributed by atoms with Crippen LogP contribution in [0, 0.1) is 0 Å². The van der Waals surface area contributed by atoms with Crippen LogP contribution in [0.1, 0.15) is 24.0 Å². The number of nitrogens with one attached hydrogen (secondary N) is 2. The molecule has 0 amide bonds. The number of likely N-dealkylation sites (tertiary alicyclic amines) is 2. The highest BCUT2D eigenvalue weighted by molar-refractivity contribution is 5.72. The largest absolute Gasteiger partial charge is 0.369 e. The standard InChI is InChI=1S/C22H26N4/c1-25-13-11-21(15-7-3-5-9-17(15)23-19(21)25)22-12-14-26(2)20(22)24-18-10-6-4-8-16(18)22/h3-10,19-20,23-24H,11-14H2,1-2H3/t19?,20?,21-,22-/m1/s1. The van der Waals surface area contributed by atoms with Gasteiger partial charge in [0.15, 0.2) is 0 Å². The van der Waals surface area contributed by atoms with Crippen molar-refractivity contribution in [2.75, 3.05) is 37.8 Å². The Kier molecular flexibility index (Phi) is 2.79. The molecule has 0 spiro atoms. The smallest absolute Gasteiger partial charge is 0.0901 e. The summed E-state index contributed by atoms with van der Waals surface area (Å²) >= 11 is 0. The van der Waals surface area contributed by atoms with E-state index < -0.39 is 0 Å². The number of benzene rings is 2. The zero-order chi connectivity index (χ0) is 17.5. The van der Waals surface area contributed by atoms with Crippen LogP contribution in [0.3, 0.4) is 0 Å². The minimum absolute atomic E-state index is 0.105. The lowest BCUT2D eigenvalue weighted by Crippen LogP contribution is -2.60. The molecule has 0 saturated carbocycles. The van der Waals surface area contributed by atoms with Gasteiger partial charge in [-0.15, -0.1) is 0 Å². The van der Waals surface area contributed by atoms with Crippen molar-refractivity contribution in [3.8, 4) is 0 Å². The molecular weight excluding hydrogens is 320 g/mol. The molecule has 0 bridgehead atoms. The molecule has 4 heterocycles. The summed E-state index contributed by atoms with van der Waals surface area (Å²) in [7, 11) is 4.56. The second-order valence-corrected chi connectivity index (χ2v) is 8.59. The molecule has 0 radical (unpaired) electrons. The predicted octanol–water partition coefficient (Wildman–Crippen LogP) is 3.04. The molecule has 2 aromatic rings. The molecule has 2 fully saturated rings. The van der Waals surface area contributed by atoms with Gasteiger partial charge in [-0.25, -0.2) is 0 Å². The third-order valence-electron chi connectivity index (χ3n) is 7.73. The van der Waals surface area contributed by atoms with Crippen molar-refractivity contribution in [2.45, 2.75) is 36.0 Å². The molecule has 134 valence electrons. The number of para-hydroxylation sites is 2. The number of hydrogen-bond acceptors (Lipinski definition) is 4. The lowest BCUT2D eigenvalue weighted by molar-refractivity contribution is 0.147. The molecule has 0 aromatic heterocycles. The average Bonchev–Trinajstić information content (AvgIpc) is 3.36. The second kappa shape index (κ2) is 4.81. The first kappa shape index (κ1) is 15.1. The molecule has 2 N–H and O–H groups in total. The molecule has 2 saturated heterocycles. The fraction of sp³-hybridized carbons (Fsp3) is 0.455. The quantitative estimate of drug-likeness (QED) is 0.831. The highest BCUT2D eigenvalue weighted by Gasteiger charge is 2.70. The van der Waals surface area contributed by atoms with E-state index in [9.17, 15) is 0 Å². The molecule has 2 unspecified atom stereocenters. The van der Waals surface area contributed by atoms with Crippen LogP contribution in [-0.2, 0) is 10.8 Å². The predicted molar refractivity (Wildman–Crippen MR) is 106 cm³/mol. The number of rotatable bonds is 1. The molecule has 4 aliphatic rings. The van der Waals surface area contributed by atoms with E-state index in [-0.39, 0.29) is 10.8 Å². The molecule has 26 heavy (non-hydrogen) atoms. The highest BCUT2D eigenvalue weighted by Crippen LogP contribution is 2.65. The van der Waals surface area contributed by atoms with Crippen LogP contribution in [0.4, 0.5) is 11.4 Å². The zero-order valence-corrected chi connectivity index (χ0v) is 15.5.